The van der Waals surface area contributed by atoms with Crippen LogP contribution in [0.5, 0.6) is 0 Å². The first kappa shape index (κ1) is 12.6. The molecular formula is C15H15FN4. The molecule has 3 rings (SSSR count). The van der Waals surface area contributed by atoms with Gasteiger partial charge in [0, 0.05) is 23.9 Å². The van der Waals surface area contributed by atoms with E-state index in [2.05, 4.69) is 28.4 Å². The molecule has 0 fully saturated rings. The van der Waals surface area contributed by atoms with Crippen molar-refractivity contribution in [2.75, 3.05) is 5.73 Å². The predicted molar refractivity (Wildman–Crippen MR) is 77.7 cm³/mol. The Kier molecular flexibility index (Phi) is 2.89. The van der Waals surface area contributed by atoms with Crippen molar-refractivity contribution in [1.82, 2.24) is 14.5 Å². The lowest BCUT2D eigenvalue weighted by Gasteiger charge is -2.13. The second-order valence-corrected chi connectivity index (χ2v) is 5.00. The van der Waals surface area contributed by atoms with E-state index < -0.39 is 0 Å². The van der Waals surface area contributed by atoms with Crippen LogP contribution >= 0.6 is 0 Å². The summed E-state index contributed by atoms with van der Waals surface area (Å²) in [6.45, 7) is 4.14. The third kappa shape index (κ3) is 2.01. The van der Waals surface area contributed by atoms with Gasteiger partial charge >= 0.3 is 0 Å². The SMILES string of the molecule is CC(C)n1c(-c2ccnc(N)c2)nc2cc(F)ccc21. The number of nitrogens with zero attached hydrogens (tertiary/aromatic N) is 3. The van der Waals surface area contributed by atoms with Crippen molar-refractivity contribution >= 4 is 16.9 Å². The van der Waals surface area contributed by atoms with Gasteiger partial charge in [-0.15, -0.1) is 0 Å². The van der Waals surface area contributed by atoms with Crippen molar-refractivity contribution in [3.63, 3.8) is 0 Å². The molecule has 0 aliphatic rings. The summed E-state index contributed by atoms with van der Waals surface area (Å²) in [6, 6.07) is 8.49. The number of anilines is 1. The Morgan fingerprint density at radius 3 is 2.70 bits per heavy atom. The van der Waals surface area contributed by atoms with Crippen LogP contribution in [0.25, 0.3) is 22.4 Å². The smallest absolute Gasteiger partial charge is 0.141 e. The van der Waals surface area contributed by atoms with Crippen LogP contribution in [0, 0.1) is 5.82 Å². The van der Waals surface area contributed by atoms with E-state index in [4.69, 9.17) is 5.73 Å². The molecule has 0 radical (unpaired) electrons. The van der Waals surface area contributed by atoms with Crippen LogP contribution in [0.2, 0.25) is 0 Å². The number of pyridine rings is 1. The summed E-state index contributed by atoms with van der Waals surface area (Å²) in [4.78, 5) is 8.53. The highest BCUT2D eigenvalue weighted by molar-refractivity contribution is 5.81. The number of hydrogen-bond acceptors (Lipinski definition) is 3. The molecule has 0 bridgehead atoms. The average molecular weight is 270 g/mol. The van der Waals surface area contributed by atoms with Crippen molar-refractivity contribution < 1.29 is 4.39 Å². The van der Waals surface area contributed by atoms with Gasteiger partial charge in [0.15, 0.2) is 0 Å². The first-order valence-electron chi connectivity index (χ1n) is 6.45. The molecular weight excluding hydrogens is 255 g/mol. The van der Waals surface area contributed by atoms with E-state index in [1.54, 1.807) is 18.3 Å². The van der Waals surface area contributed by atoms with Crippen LogP contribution in [0.3, 0.4) is 0 Å². The Labute approximate surface area is 116 Å². The molecule has 5 heteroatoms. The minimum atomic E-state index is -0.285. The van der Waals surface area contributed by atoms with Crippen molar-refractivity contribution in [2.45, 2.75) is 19.9 Å². The highest BCUT2D eigenvalue weighted by Crippen LogP contribution is 2.29. The number of benzene rings is 1. The van der Waals surface area contributed by atoms with E-state index in [0.29, 0.717) is 11.3 Å². The fraction of sp³-hybridized carbons (Fsp3) is 0.200. The Bertz CT molecular complexity index is 777. The highest BCUT2D eigenvalue weighted by Gasteiger charge is 2.15. The summed E-state index contributed by atoms with van der Waals surface area (Å²) in [5.74, 6) is 0.928. The molecule has 2 heterocycles. The number of imidazole rings is 1. The van der Waals surface area contributed by atoms with Crippen LogP contribution in [0.1, 0.15) is 19.9 Å². The van der Waals surface area contributed by atoms with Gasteiger partial charge in [0.25, 0.3) is 0 Å². The minimum Gasteiger partial charge on any atom is -0.384 e. The molecule has 0 aliphatic carbocycles. The molecule has 1 aromatic carbocycles. The van der Waals surface area contributed by atoms with Crippen LogP contribution in [-0.2, 0) is 0 Å². The molecule has 2 aromatic heterocycles. The normalized spacial score (nSPS) is 11.4. The maximum Gasteiger partial charge on any atom is 0.141 e. The van der Waals surface area contributed by atoms with E-state index in [1.165, 1.54) is 12.1 Å². The second-order valence-electron chi connectivity index (χ2n) is 5.00. The summed E-state index contributed by atoms with van der Waals surface area (Å²) in [5, 5.41) is 0. The van der Waals surface area contributed by atoms with Crippen LogP contribution < -0.4 is 5.73 Å². The Morgan fingerprint density at radius 2 is 2.00 bits per heavy atom. The highest BCUT2D eigenvalue weighted by atomic mass is 19.1. The molecule has 2 N–H and O–H groups in total. The van der Waals surface area contributed by atoms with Crippen molar-refractivity contribution in [2.24, 2.45) is 0 Å². The maximum atomic E-state index is 13.4. The van der Waals surface area contributed by atoms with Gasteiger partial charge < -0.3 is 10.3 Å². The lowest BCUT2D eigenvalue weighted by Crippen LogP contribution is -2.03. The van der Waals surface area contributed by atoms with Crippen molar-refractivity contribution in [3.8, 4) is 11.4 Å². The number of nitrogens with two attached hydrogens (primary N) is 1. The average Bonchev–Trinajstić information content (AvgIpc) is 2.77. The molecule has 0 saturated carbocycles. The van der Waals surface area contributed by atoms with Gasteiger partial charge in [-0.05, 0) is 38.1 Å². The molecule has 0 aliphatic heterocycles. The number of aromatic nitrogens is 3. The van der Waals surface area contributed by atoms with Gasteiger partial charge in [0.05, 0.1) is 11.0 Å². The zero-order valence-electron chi connectivity index (χ0n) is 11.3. The molecule has 0 spiro atoms. The Morgan fingerprint density at radius 1 is 1.20 bits per heavy atom. The largest absolute Gasteiger partial charge is 0.384 e. The number of nitrogen functional groups attached to an aromatic ring is 1. The summed E-state index contributed by atoms with van der Waals surface area (Å²) in [5.41, 5.74) is 8.16. The maximum absolute atomic E-state index is 13.4. The summed E-state index contributed by atoms with van der Waals surface area (Å²) in [7, 11) is 0. The van der Waals surface area contributed by atoms with Crippen LogP contribution in [-0.4, -0.2) is 14.5 Å². The van der Waals surface area contributed by atoms with Crippen molar-refractivity contribution in [3.05, 3.63) is 42.3 Å². The fourth-order valence-corrected chi connectivity index (χ4v) is 2.39. The Hall–Kier alpha value is -2.43. The third-order valence-corrected chi connectivity index (χ3v) is 3.21. The number of fused-ring (bicyclic) bond motifs is 1. The number of hydrogen-bond donors (Lipinski definition) is 1. The molecule has 3 aromatic rings. The van der Waals surface area contributed by atoms with E-state index in [9.17, 15) is 4.39 Å². The second kappa shape index (κ2) is 4.59. The topological polar surface area (TPSA) is 56.7 Å². The molecule has 0 atom stereocenters. The van der Waals surface area contributed by atoms with Gasteiger partial charge in [-0.3, -0.25) is 0 Å². The lowest BCUT2D eigenvalue weighted by molar-refractivity contribution is 0.620. The van der Waals surface area contributed by atoms with E-state index >= 15 is 0 Å². The van der Waals surface area contributed by atoms with E-state index in [-0.39, 0.29) is 11.9 Å². The molecule has 0 unspecified atom stereocenters. The lowest BCUT2D eigenvalue weighted by atomic mass is 10.2. The third-order valence-electron chi connectivity index (χ3n) is 3.21. The van der Waals surface area contributed by atoms with Crippen LogP contribution in [0.4, 0.5) is 10.2 Å². The van der Waals surface area contributed by atoms with Gasteiger partial charge in [0.2, 0.25) is 0 Å². The zero-order valence-corrected chi connectivity index (χ0v) is 11.3. The quantitative estimate of drug-likeness (QED) is 0.776. The summed E-state index contributed by atoms with van der Waals surface area (Å²) < 4.78 is 15.4. The molecule has 20 heavy (non-hydrogen) atoms. The van der Waals surface area contributed by atoms with Gasteiger partial charge in [-0.25, -0.2) is 14.4 Å². The zero-order chi connectivity index (χ0) is 14.3. The van der Waals surface area contributed by atoms with E-state index in [0.717, 1.165) is 16.9 Å². The van der Waals surface area contributed by atoms with Gasteiger partial charge in [0.1, 0.15) is 17.5 Å². The van der Waals surface area contributed by atoms with Gasteiger partial charge in [-0.2, -0.15) is 0 Å². The van der Waals surface area contributed by atoms with E-state index in [1.807, 2.05) is 6.07 Å². The monoisotopic (exact) mass is 270 g/mol. The summed E-state index contributed by atoms with van der Waals surface area (Å²) >= 11 is 0. The predicted octanol–water partition coefficient (Wildman–Crippen LogP) is 3.40. The molecule has 0 amide bonds. The van der Waals surface area contributed by atoms with Gasteiger partial charge in [-0.1, -0.05) is 0 Å². The fourth-order valence-electron chi connectivity index (χ4n) is 2.39. The van der Waals surface area contributed by atoms with Crippen molar-refractivity contribution in [1.29, 1.82) is 0 Å². The van der Waals surface area contributed by atoms with Crippen LogP contribution in [0.15, 0.2) is 36.5 Å². The first-order chi connectivity index (χ1) is 9.56. The standard InChI is InChI=1S/C15H15FN4/c1-9(2)20-13-4-3-11(16)8-12(13)19-15(20)10-5-6-18-14(17)7-10/h3-9H,1-2H3,(H2,17,18). The number of halogens is 1. The minimum absolute atomic E-state index is 0.204. The Balaban J connectivity index is 2.32. The molecule has 0 saturated heterocycles. The first-order valence-corrected chi connectivity index (χ1v) is 6.45. The molecule has 102 valence electrons. The summed E-state index contributed by atoms with van der Waals surface area (Å²) in [6.07, 6.45) is 1.65. The molecule has 4 nitrogen and oxygen atoms in total. The number of rotatable bonds is 2.